The first-order valence-electron chi connectivity index (χ1n) is 6.13. The van der Waals surface area contributed by atoms with Gasteiger partial charge in [0.25, 0.3) is 0 Å². The van der Waals surface area contributed by atoms with Crippen molar-refractivity contribution in [1.29, 1.82) is 0 Å². The molecule has 0 saturated carbocycles. The number of thiophene rings is 1. The summed E-state index contributed by atoms with van der Waals surface area (Å²) in [5, 5.41) is 3.33. The second kappa shape index (κ2) is 7.23. The van der Waals surface area contributed by atoms with Crippen molar-refractivity contribution in [3.63, 3.8) is 0 Å². The Labute approximate surface area is 140 Å². The molecule has 1 nitrogen and oxygen atoms in total. The van der Waals surface area contributed by atoms with E-state index in [0.29, 0.717) is 20.7 Å². The average molecular weight is 397 g/mol. The third-order valence-corrected chi connectivity index (χ3v) is 4.95. The van der Waals surface area contributed by atoms with E-state index < -0.39 is 0 Å². The van der Waals surface area contributed by atoms with Crippen LogP contribution in [0.15, 0.2) is 28.7 Å². The van der Waals surface area contributed by atoms with Gasteiger partial charge in [0.1, 0.15) is 5.82 Å². The van der Waals surface area contributed by atoms with Gasteiger partial charge in [-0.25, -0.2) is 4.39 Å². The molecule has 1 heterocycles. The molecule has 0 amide bonds. The molecule has 1 unspecified atom stereocenters. The van der Waals surface area contributed by atoms with Crippen molar-refractivity contribution in [2.45, 2.75) is 19.4 Å². The van der Waals surface area contributed by atoms with E-state index in [9.17, 15) is 4.39 Å². The van der Waals surface area contributed by atoms with E-state index in [4.69, 9.17) is 23.2 Å². The molecule has 1 aromatic carbocycles. The lowest BCUT2D eigenvalue weighted by atomic mass is 10.0. The van der Waals surface area contributed by atoms with E-state index in [2.05, 4.69) is 21.2 Å². The minimum absolute atomic E-state index is 0.0555. The maximum Gasteiger partial charge on any atom is 0.126 e. The number of halogens is 4. The van der Waals surface area contributed by atoms with Crippen LogP contribution < -0.4 is 5.32 Å². The molecule has 0 aliphatic carbocycles. The molecule has 0 bridgehead atoms. The van der Waals surface area contributed by atoms with Gasteiger partial charge in [-0.3, -0.25) is 0 Å². The van der Waals surface area contributed by atoms with Crippen LogP contribution in [-0.2, 0) is 6.42 Å². The lowest BCUT2D eigenvalue weighted by molar-refractivity contribution is 0.529. The topological polar surface area (TPSA) is 12.0 Å². The number of hydrogen-bond donors (Lipinski definition) is 1. The summed E-state index contributed by atoms with van der Waals surface area (Å²) in [7, 11) is 0. The average Bonchev–Trinajstić information content (AvgIpc) is 2.72. The van der Waals surface area contributed by atoms with Crippen molar-refractivity contribution in [1.82, 2.24) is 5.32 Å². The van der Waals surface area contributed by atoms with E-state index in [1.54, 1.807) is 12.1 Å². The Hall–Kier alpha value is -0.130. The van der Waals surface area contributed by atoms with Crippen molar-refractivity contribution >= 4 is 50.5 Å². The van der Waals surface area contributed by atoms with Crippen molar-refractivity contribution in [3.8, 4) is 0 Å². The highest BCUT2D eigenvalue weighted by Gasteiger charge is 2.19. The van der Waals surface area contributed by atoms with Crippen molar-refractivity contribution in [3.05, 3.63) is 54.4 Å². The van der Waals surface area contributed by atoms with Gasteiger partial charge >= 0.3 is 0 Å². The molecular weight excluding hydrogens is 384 g/mol. The van der Waals surface area contributed by atoms with Gasteiger partial charge < -0.3 is 5.32 Å². The van der Waals surface area contributed by atoms with Crippen LogP contribution in [0.3, 0.4) is 0 Å². The molecule has 1 N–H and O–H groups in total. The Kier molecular flexibility index (Phi) is 5.87. The quantitative estimate of drug-likeness (QED) is 0.668. The maximum absolute atomic E-state index is 13.9. The van der Waals surface area contributed by atoms with Gasteiger partial charge in [-0.05, 0) is 42.8 Å². The molecule has 0 saturated heterocycles. The summed E-state index contributed by atoms with van der Waals surface area (Å²) in [5.74, 6) is -0.214. The fraction of sp³-hybridized carbons (Fsp3) is 0.286. The van der Waals surface area contributed by atoms with Crippen LogP contribution in [0.4, 0.5) is 4.39 Å². The highest BCUT2D eigenvalue weighted by atomic mass is 79.9. The van der Waals surface area contributed by atoms with E-state index >= 15 is 0 Å². The standard InChI is InChI=1S/C14H13BrCl2FNS/c1-2-19-12(10-7-13(16)20-14(10)17)6-8-5-9(15)3-4-11(8)18/h3-5,7,12,19H,2,6H2,1H3. The normalized spacial score (nSPS) is 12.7. The summed E-state index contributed by atoms with van der Waals surface area (Å²) < 4.78 is 16.0. The van der Waals surface area contributed by atoms with Crippen LogP contribution in [0.2, 0.25) is 8.67 Å². The molecule has 1 aromatic heterocycles. The number of hydrogen-bond acceptors (Lipinski definition) is 2. The maximum atomic E-state index is 13.9. The Balaban J connectivity index is 2.30. The SMILES string of the molecule is CCNC(Cc1cc(Br)ccc1F)c1cc(Cl)sc1Cl. The fourth-order valence-electron chi connectivity index (χ4n) is 2.05. The first-order chi connectivity index (χ1) is 9.51. The molecular formula is C14H13BrCl2FNS. The molecule has 6 heteroatoms. The van der Waals surface area contributed by atoms with Crippen LogP contribution in [-0.4, -0.2) is 6.54 Å². The van der Waals surface area contributed by atoms with E-state index in [0.717, 1.165) is 16.6 Å². The molecule has 2 aromatic rings. The third kappa shape index (κ3) is 3.95. The summed E-state index contributed by atoms with van der Waals surface area (Å²) >= 11 is 16.9. The smallest absolute Gasteiger partial charge is 0.126 e. The minimum atomic E-state index is -0.214. The number of nitrogens with one attached hydrogen (secondary N) is 1. The monoisotopic (exact) mass is 395 g/mol. The van der Waals surface area contributed by atoms with Gasteiger partial charge in [0.15, 0.2) is 0 Å². The lowest BCUT2D eigenvalue weighted by Gasteiger charge is -2.18. The van der Waals surface area contributed by atoms with E-state index in [1.165, 1.54) is 17.4 Å². The second-order valence-corrected chi connectivity index (χ2v) is 7.53. The van der Waals surface area contributed by atoms with Gasteiger partial charge in [0, 0.05) is 16.1 Å². The Morgan fingerprint density at radius 3 is 2.70 bits per heavy atom. The highest BCUT2D eigenvalue weighted by Crippen LogP contribution is 2.36. The highest BCUT2D eigenvalue weighted by molar-refractivity contribution is 9.10. The van der Waals surface area contributed by atoms with Crippen LogP contribution >= 0.6 is 50.5 Å². The van der Waals surface area contributed by atoms with Gasteiger partial charge in [0.2, 0.25) is 0 Å². The molecule has 108 valence electrons. The third-order valence-electron chi connectivity index (χ3n) is 2.94. The number of benzene rings is 1. The van der Waals surface area contributed by atoms with Gasteiger partial charge in [0.05, 0.1) is 8.67 Å². The summed E-state index contributed by atoms with van der Waals surface area (Å²) in [6.07, 6.45) is 0.520. The van der Waals surface area contributed by atoms with E-state index in [-0.39, 0.29) is 11.9 Å². The van der Waals surface area contributed by atoms with Crippen LogP contribution in [0.1, 0.15) is 24.1 Å². The largest absolute Gasteiger partial charge is 0.310 e. The number of rotatable bonds is 5. The van der Waals surface area contributed by atoms with Crippen molar-refractivity contribution < 1.29 is 4.39 Å². The lowest BCUT2D eigenvalue weighted by Crippen LogP contribution is -2.23. The molecule has 0 spiro atoms. The Bertz CT molecular complexity index is 603. The van der Waals surface area contributed by atoms with Gasteiger partial charge in [-0.2, -0.15) is 0 Å². The fourth-order valence-corrected chi connectivity index (χ4v) is 4.04. The van der Waals surface area contributed by atoms with Crippen LogP contribution in [0, 0.1) is 5.82 Å². The van der Waals surface area contributed by atoms with Gasteiger partial charge in [-0.15, -0.1) is 11.3 Å². The molecule has 2 rings (SSSR count). The Morgan fingerprint density at radius 2 is 2.10 bits per heavy atom. The van der Waals surface area contributed by atoms with Crippen molar-refractivity contribution in [2.24, 2.45) is 0 Å². The number of likely N-dealkylation sites (N-methyl/N-ethyl adjacent to an activating group) is 1. The molecule has 0 radical (unpaired) electrons. The summed E-state index contributed by atoms with van der Waals surface area (Å²) in [5.41, 5.74) is 1.56. The zero-order valence-electron chi connectivity index (χ0n) is 10.7. The van der Waals surface area contributed by atoms with Crippen LogP contribution in [0.5, 0.6) is 0 Å². The molecule has 0 fully saturated rings. The van der Waals surface area contributed by atoms with Crippen molar-refractivity contribution in [2.75, 3.05) is 6.54 Å². The molecule has 0 aliphatic rings. The van der Waals surface area contributed by atoms with Crippen LogP contribution in [0.25, 0.3) is 0 Å². The zero-order valence-corrected chi connectivity index (χ0v) is 14.6. The second-order valence-electron chi connectivity index (χ2n) is 4.33. The molecule has 0 aliphatic heterocycles. The summed E-state index contributed by atoms with van der Waals surface area (Å²) in [6, 6.07) is 6.74. The van der Waals surface area contributed by atoms with E-state index in [1.807, 2.05) is 13.0 Å². The first kappa shape index (κ1) is 16.2. The molecule has 20 heavy (non-hydrogen) atoms. The zero-order chi connectivity index (χ0) is 14.7. The minimum Gasteiger partial charge on any atom is -0.310 e. The summed E-state index contributed by atoms with van der Waals surface area (Å²) in [4.78, 5) is 0. The predicted molar refractivity (Wildman–Crippen MR) is 88.6 cm³/mol. The predicted octanol–water partition coefficient (Wildman–Crippen LogP) is 5.85. The first-order valence-corrected chi connectivity index (χ1v) is 8.49. The summed E-state index contributed by atoms with van der Waals surface area (Å²) in [6.45, 7) is 2.77. The Morgan fingerprint density at radius 1 is 1.35 bits per heavy atom. The molecule has 1 atom stereocenters. The van der Waals surface area contributed by atoms with Gasteiger partial charge in [-0.1, -0.05) is 46.1 Å².